The van der Waals surface area contributed by atoms with E-state index in [1.807, 2.05) is 12.1 Å². The molecule has 0 saturated carbocycles. The molecule has 0 fully saturated rings. The Kier molecular flexibility index (Phi) is 13.8. The predicted octanol–water partition coefficient (Wildman–Crippen LogP) is 10.7. The highest BCUT2D eigenvalue weighted by molar-refractivity contribution is 8.76. The van der Waals surface area contributed by atoms with Gasteiger partial charge in [-0.15, -0.1) is 22.7 Å². The number of thiazole rings is 2. The van der Waals surface area contributed by atoms with E-state index < -0.39 is 17.6 Å². The Morgan fingerprint density at radius 1 is 0.500 bits per heavy atom. The lowest BCUT2D eigenvalue weighted by atomic mass is 10.0. The maximum Gasteiger partial charge on any atom is 0.500 e. The molecule has 0 aliphatic rings. The van der Waals surface area contributed by atoms with Crippen LogP contribution in [0.1, 0.15) is 24.0 Å². The molecular weight excluding hydrogens is 765 g/mol. The molecule has 0 amide bonds. The van der Waals surface area contributed by atoms with Crippen LogP contribution in [0.2, 0.25) is 12.1 Å². The van der Waals surface area contributed by atoms with Gasteiger partial charge in [-0.3, -0.25) is 0 Å². The van der Waals surface area contributed by atoms with Gasteiger partial charge in [0, 0.05) is 75.7 Å². The fraction of sp³-hybridized carbons (Fsp3) is 0.316. The van der Waals surface area contributed by atoms with Gasteiger partial charge in [0.2, 0.25) is 0 Å². The SMILES string of the molecule is CO[Si](CCCc1cccc(SSc2cccc(CCC[Si](OC)(OC)OC)c2-c2nc3ccccc3s2)c1-c1nc2ccccc2s1)(OC)OC. The van der Waals surface area contributed by atoms with Gasteiger partial charge in [-0.25, -0.2) is 9.97 Å². The number of fused-ring (bicyclic) bond motifs is 2. The van der Waals surface area contributed by atoms with Gasteiger partial charge < -0.3 is 26.6 Å². The zero-order valence-electron chi connectivity index (χ0n) is 30.3. The van der Waals surface area contributed by atoms with Gasteiger partial charge >= 0.3 is 17.6 Å². The quantitative estimate of drug-likeness (QED) is 0.0583. The summed E-state index contributed by atoms with van der Waals surface area (Å²) in [6, 6.07) is 31.3. The summed E-state index contributed by atoms with van der Waals surface area (Å²) in [5.41, 5.74) is 6.88. The minimum absolute atomic E-state index is 0.725. The lowest BCUT2D eigenvalue weighted by molar-refractivity contribution is 0.122. The van der Waals surface area contributed by atoms with Crippen molar-refractivity contribution in [3.8, 4) is 21.1 Å². The van der Waals surface area contributed by atoms with Crippen LogP contribution in [0.4, 0.5) is 0 Å². The number of aromatic nitrogens is 2. The van der Waals surface area contributed by atoms with Crippen LogP contribution in [-0.4, -0.2) is 70.2 Å². The summed E-state index contributed by atoms with van der Waals surface area (Å²) in [5, 5.41) is 2.05. The lowest BCUT2D eigenvalue weighted by Crippen LogP contribution is -2.42. The molecular formula is C38H44N2O6S4Si2. The molecule has 2 heterocycles. The van der Waals surface area contributed by atoms with Gasteiger partial charge in [-0.1, -0.05) is 70.1 Å². The van der Waals surface area contributed by atoms with Crippen molar-refractivity contribution in [1.82, 2.24) is 9.97 Å². The third-order valence-electron chi connectivity index (χ3n) is 9.19. The molecule has 274 valence electrons. The number of nitrogens with zero attached hydrogens (tertiary/aromatic N) is 2. The Hall–Kier alpha value is -2.45. The minimum atomic E-state index is -2.70. The van der Waals surface area contributed by atoms with Crippen molar-refractivity contribution >= 4 is 82.3 Å². The van der Waals surface area contributed by atoms with Crippen LogP contribution in [0, 0.1) is 0 Å². The molecule has 52 heavy (non-hydrogen) atoms. The Morgan fingerprint density at radius 2 is 0.885 bits per heavy atom. The van der Waals surface area contributed by atoms with Gasteiger partial charge in [0.15, 0.2) is 0 Å². The molecule has 0 radical (unpaired) electrons. The second-order valence-electron chi connectivity index (χ2n) is 12.0. The maximum absolute atomic E-state index is 5.73. The van der Waals surface area contributed by atoms with Gasteiger partial charge in [-0.2, -0.15) is 0 Å². The average Bonchev–Trinajstić information content (AvgIpc) is 3.82. The van der Waals surface area contributed by atoms with Crippen LogP contribution >= 0.6 is 44.3 Å². The van der Waals surface area contributed by atoms with E-state index in [2.05, 4.69) is 72.8 Å². The van der Waals surface area contributed by atoms with E-state index >= 15 is 0 Å². The van der Waals surface area contributed by atoms with E-state index in [0.717, 1.165) is 58.8 Å². The van der Waals surface area contributed by atoms with Gasteiger partial charge in [-0.05, 0) is 73.2 Å². The Balaban J connectivity index is 1.35. The average molecular weight is 809 g/mol. The third-order valence-corrected chi connectivity index (χ3v) is 19.4. The highest BCUT2D eigenvalue weighted by Crippen LogP contribution is 2.49. The molecule has 0 aliphatic heterocycles. The first kappa shape index (κ1) is 39.3. The number of para-hydroxylation sites is 2. The van der Waals surface area contributed by atoms with Crippen LogP contribution in [0.15, 0.2) is 94.7 Å². The molecule has 0 unspecified atom stereocenters. The van der Waals surface area contributed by atoms with Crippen molar-refractivity contribution in [1.29, 1.82) is 0 Å². The summed E-state index contributed by atoms with van der Waals surface area (Å²) in [5.74, 6) is 0. The van der Waals surface area contributed by atoms with Gasteiger partial charge in [0.25, 0.3) is 0 Å². The first-order chi connectivity index (χ1) is 25.4. The van der Waals surface area contributed by atoms with Crippen molar-refractivity contribution in [3.63, 3.8) is 0 Å². The largest absolute Gasteiger partial charge is 0.500 e. The maximum atomic E-state index is 5.73. The second kappa shape index (κ2) is 18.3. The molecule has 0 aliphatic carbocycles. The van der Waals surface area contributed by atoms with Crippen LogP contribution in [0.3, 0.4) is 0 Å². The topological polar surface area (TPSA) is 81.2 Å². The molecule has 0 saturated heterocycles. The van der Waals surface area contributed by atoms with Crippen LogP contribution in [0.5, 0.6) is 0 Å². The highest BCUT2D eigenvalue weighted by atomic mass is 33.1. The van der Waals surface area contributed by atoms with Gasteiger partial charge in [0.05, 0.1) is 20.4 Å². The monoisotopic (exact) mass is 808 g/mol. The molecule has 2 aromatic heterocycles. The molecule has 0 N–H and O–H groups in total. The Labute approximate surface area is 324 Å². The molecule has 0 bridgehead atoms. The van der Waals surface area contributed by atoms with E-state index in [9.17, 15) is 0 Å². The van der Waals surface area contributed by atoms with E-state index in [4.69, 9.17) is 36.5 Å². The zero-order valence-corrected chi connectivity index (χ0v) is 35.6. The van der Waals surface area contributed by atoms with Crippen molar-refractivity contribution in [2.45, 2.75) is 47.6 Å². The molecule has 0 atom stereocenters. The van der Waals surface area contributed by atoms with Crippen molar-refractivity contribution in [2.24, 2.45) is 0 Å². The second-order valence-corrected chi connectivity index (χ2v) is 22.5. The molecule has 0 spiro atoms. The predicted molar refractivity (Wildman–Crippen MR) is 222 cm³/mol. The van der Waals surface area contributed by atoms with Crippen LogP contribution in [0.25, 0.3) is 41.6 Å². The summed E-state index contributed by atoms with van der Waals surface area (Å²) >= 11 is 3.48. The number of rotatable bonds is 19. The molecule has 6 rings (SSSR count). The number of benzene rings is 4. The standard InChI is InChI=1S/C38H44N2O6S4Si2/c1-41-51(42-2,43-3)25-13-17-27-15-11-23-33(35(27)37-39-29-19-7-9-21-31(29)47-37)49-50-34-24-12-16-28(18-14-26-52(44-4,45-5)46-6)36(34)38-40-30-20-8-10-22-32(30)48-38/h7-12,15-16,19-24H,13-14,17-18,25-26H2,1-6H3. The molecule has 6 aromatic rings. The van der Waals surface area contributed by atoms with Crippen molar-refractivity contribution in [3.05, 3.63) is 96.1 Å². The summed E-state index contributed by atoms with van der Waals surface area (Å²) in [6.45, 7) is 0. The zero-order chi connectivity index (χ0) is 36.6. The number of hydrogen-bond donors (Lipinski definition) is 0. The molecule has 4 aromatic carbocycles. The smallest absolute Gasteiger partial charge is 0.377 e. The van der Waals surface area contributed by atoms with Gasteiger partial charge in [0.1, 0.15) is 10.0 Å². The van der Waals surface area contributed by atoms with Crippen molar-refractivity contribution in [2.75, 3.05) is 42.7 Å². The minimum Gasteiger partial charge on any atom is -0.377 e. The van der Waals surface area contributed by atoms with Crippen molar-refractivity contribution < 1.29 is 26.6 Å². The first-order valence-corrected chi connectivity index (χ1v) is 24.7. The lowest BCUT2D eigenvalue weighted by Gasteiger charge is -2.24. The van der Waals surface area contributed by atoms with Crippen LogP contribution < -0.4 is 0 Å². The molecule has 8 nitrogen and oxygen atoms in total. The number of hydrogen-bond acceptors (Lipinski definition) is 12. The molecule has 14 heteroatoms. The normalized spacial score (nSPS) is 12.3. The van der Waals surface area contributed by atoms with E-state index in [1.54, 1.807) is 86.9 Å². The van der Waals surface area contributed by atoms with E-state index in [1.165, 1.54) is 41.4 Å². The highest BCUT2D eigenvalue weighted by Gasteiger charge is 2.38. The van der Waals surface area contributed by atoms with E-state index in [-0.39, 0.29) is 0 Å². The Bertz CT molecular complexity index is 1860. The fourth-order valence-electron chi connectivity index (χ4n) is 6.35. The third kappa shape index (κ3) is 8.75. The van der Waals surface area contributed by atoms with E-state index in [0.29, 0.717) is 0 Å². The van der Waals surface area contributed by atoms with Crippen LogP contribution in [-0.2, 0) is 39.4 Å². The Morgan fingerprint density at radius 3 is 1.25 bits per heavy atom. The summed E-state index contributed by atoms with van der Waals surface area (Å²) in [4.78, 5) is 12.6. The fourth-order valence-corrected chi connectivity index (χ4v) is 14.5. The summed E-state index contributed by atoms with van der Waals surface area (Å²) in [6.07, 6.45) is 3.42. The summed E-state index contributed by atoms with van der Waals surface area (Å²) in [7, 11) is 8.19. The first-order valence-electron chi connectivity index (χ1n) is 17.0. The number of aryl methyl sites for hydroxylation is 2. The summed E-state index contributed by atoms with van der Waals surface area (Å²) < 4.78 is 36.7.